The Kier molecular flexibility index (Phi) is 4.83. The van der Waals surface area contributed by atoms with Crippen molar-refractivity contribution >= 4 is 17.8 Å². The molecule has 0 saturated carbocycles. The van der Waals surface area contributed by atoms with Crippen LogP contribution < -0.4 is 5.32 Å². The number of hydrogen-bond acceptors (Lipinski definition) is 3. The SMILES string of the molecule is O=C(N[C@H](C(=O)O)c1ccccc1)c1c[nH]c(C(=O)N2CCCC2)c1. The third kappa shape index (κ3) is 3.71. The van der Waals surface area contributed by atoms with E-state index in [0.29, 0.717) is 24.3 Å². The minimum absolute atomic E-state index is 0.144. The number of nitrogens with zero attached hydrogens (tertiary/aromatic N) is 1. The largest absolute Gasteiger partial charge is 0.479 e. The molecule has 130 valence electrons. The predicted octanol–water partition coefficient (Wildman–Crippen LogP) is 1.81. The van der Waals surface area contributed by atoms with Gasteiger partial charge in [-0.1, -0.05) is 30.3 Å². The number of carboxylic acid groups (broad SMARTS) is 1. The molecule has 0 aliphatic carbocycles. The van der Waals surface area contributed by atoms with Gasteiger partial charge in [-0.15, -0.1) is 0 Å². The molecular weight excluding hydrogens is 322 g/mol. The van der Waals surface area contributed by atoms with Gasteiger partial charge in [0.1, 0.15) is 5.69 Å². The fraction of sp³-hybridized carbons (Fsp3) is 0.278. The Morgan fingerprint density at radius 2 is 1.80 bits per heavy atom. The van der Waals surface area contributed by atoms with E-state index in [4.69, 9.17) is 0 Å². The summed E-state index contributed by atoms with van der Waals surface area (Å²) < 4.78 is 0. The fourth-order valence-electron chi connectivity index (χ4n) is 2.89. The quantitative estimate of drug-likeness (QED) is 0.772. The van der Waals surface area contributed by atoms with E-state index in [0.717, 1.165) is 12.8 Å². The number of benzene rings is 1. The second kappa shape index (κ2) is 7.21. The summed E-state index contributed by atoms with van der Waals surface area (Å²) in [6.45, 7) is 1.43. The van der Waals surface area contributed by atoms with E-state index in [9.17, 15) is 19.5 Å². The van der Waals surface area contributed by atoms with Crippen molar-refractivity contribution in [3.05, 3.63) is 59.4 Å². The van der Waals surface area contributed by atoms with Crippen molar-refractivity contribution in [2.24, 2.45) is 0 Å². The van der Waals surface area contributed by atoms with Crippen LogP contribution in [0.15, 0.2) is 42.6 Å². The normalized spacial score (nSPS) is 15.0. The number of hydrogen-bond donors (Lipinski definition) is 3. The number of aliphatic carboxylic acids is 1. The Hall–Kier alpha value is -3.09. The minimum Gasteiger partial charge on any atom is -0.479 e. The summed E-state index contributed by atoms with van der Waals surface area (Å²) in [7, 11) is 0. The van der Waals surface area contributed by atoms with Crippen LogP contribution in [0.5, 0.6) is 0 Å². The first-order valence-electron chi connectivity index (χ1n) is 8.12. The molecule has 1 aliphatic rings. The van der Waals surface area contributed by atoms with Gasteiger partial charge >= 0.3 is 5.97 Å². The van der Waals surface area contributed by atoms with Gasteiger partial charge in [0.05, 0.1) is 5.56 Å². The summed E-state index contributed by atoms with van der Waals surface area (Å²) in [5, 5.41) is 11.9. The molecule has 0 bridgehead atoms. The maximum absolute atomic E-state index is 12.4. The summed E-state index contributed by atoms with van der Waals surface area (Å²) in [5.74, 6) is -1.84. The van der Waals surface area contributed by atoms with Crippen molar-refractivity contribution in [2.75, 3.05) is 13.1 Å². The summed E-state index contributed by atoms with van der Waals surface area (Å²) in [4.78, 5) is 40.7. The second-order valence-electron chi connectivity index (χ2n) is 5.96. The van der Waals surface area contributed by atoms with Gasteiger partial charge in [-0.2, -0.15) is 0 Å². The molecule has 1 fully saturated rings. The first-order valence-corrected chi connectivity index (χ1v) is 8.12. The molecule has 1 aliphatic heterocycles. The molecular formula is C18H19N3O4. The number of aromatic nitrogens is 1. The van der Waals surface area contributed by atoms with Gasteiger partial charge in [-0.3, -0.25) is 9.59 Å². The number of aromatic amines is 1. The average molecular weight is 341 g/mol. The highest BCUT2D eigenvalue weighted by Crippen LogP contribution is 2.16. The van der Waals surface area contributed by atoms with Crippen LogP contribution in [0.4, 0.5) is 0 Å². The Morgan fingerprint density at radius 3 is 2.44 bits per heavy atom. The van der Waals surface area contributed by atoms with E-state index in [2.05, 4.69) is 10.3 Å². The maximum atomic E-state index is 12.4. The Labute approximate surface area is 144 Å². The topological polar surface area (TPSA) is 102 Å². The smallest absolute Gasteiger partial charge is 0.330 e. The third-order valence-electron chi connectivity index (χ3n) is 4.22. The molecule has 1 aromatic heterocycles. The molecule has 7 nitrogen and oxygen atoms in total. The molecule has 0 spiro atoms. The van der Waals surface area contributed by atoms with E-state index < -0.39 is 17.9 Å². The Balaban J connectivity index is 1.72. The molecule has 1 atom stereocenters. The predicted molar refractivity (Wildman–Crippen MR) is 90.2 cm³/mol. The van der Waals surface area contributed by atoms with Crippen molar-refractivity contribution in [2.45, 2.75) is 18.9 Å². The van der Waals surface area contributed by atoms with Crippen LogP contribution >= 0.6 is 0 Å². The van der Waals surface area contributed by atoms with Gasteiger partial charge in [0, 0.05) is 19.3 Å². The number of likely N-dealkylation sites (tertiary alicyclic amines) is 1. The van der Waals surface area contributed by atoms with E-state index >= 15 is 0 Å². The first-order chi connectivity index (χ1) is 12.1. The van der Waals surface area contributed by atoms with Crippen LogP contribution in [0.25, 0.3) is 0 Å². The van der Waals surface area contributed by atoms with Crippen molar-refractivity contribution in [1.29, 1.82) is 0 Å². The van der Waals surface area contributed by atoms with Crippen LogP contribution in [0.1, 0.15) is 45.3 Å². The third-order valence-corrected chi connectivity index (χ3v) is 4.22. The van der Waals surface area contributed by atoms with Crippen LogP contribution in [0.2, 0.25) is 0 Å². The zero-order chi connectivity index (χ0) is 17.8. The molecule has 3 N–H and O–H groups in total. The number of carbonyl (C=O) groups excluding carboxylic acids is 2. The van der Waals surface area contributed by atoms with Crippen LogP contribution in [-0.4, -0.2) is 45.9 Å². The number of H-pyrrole nitrogens is 1. The highest BCUT2D eigenvalue weighted by Gasteiger charge is 2.25. The first kappa shape index (κ1) is 16.8. The zero-order valence-electron chi connectivity index (χ0n) is 13.6. The molecule has 25 heavy (non-hydrogen) atoms. The van der Waals surface area contributed by atoms with Gasteiger partial charge in [0.2, 0.25) is 0 Å². The lowest BCUT2D eigenvalue weighted by Crippen LogP contribution is -2.33. The van der Waals surface area contributed by atoms with Crippen LogP contribution in [0, 0.1) is 0 Å². The molecule has 3 rings (SSSR count). The summed E-state index contributed by atoms with van der Waals surface area (Å²) in [5.41, 5.74) is 1.04. The number of amides is 2. The summed E-state index contributed by atoms with van der Waals surface area (Å²) >= 11 is 0. The highest BCUT2D eigenvalue weighted by molar-refractivity contribution is 6.00. The molecule has 2 heterocycles. The van der Waals surface area contributed by atoms with E-state index in [-0.39, 0.29) is 11.5 Å². The van der Waals surface area contributed by atoms with Gasteiger partial charge in [-0.25, -0.2) is 4.79 Å². The number of rotatable bonds is 5. The van der Waals surface area contributed by atoms with E-state index in [1.165, 1.54) is 12.3 Å². The van der Waals surface area contributed by atoms with Crippen LogP contribution in [-0.2, 0) is 4.79 Å². The zero-order valence-corrected chi connectivity index (χ0v) is 13.6. The summed E-state index contributed by atoms with van der Waals surface area (Å²) in [6, 6.07) is 8.77. The monoisotopic (exact) mass is 341 g/mol. The molecule has 7 heteroatoms. The maximum Gasteiger partial charge on any atom is 0.330 e. The average Bonchev–Trinajstić information content (AvgIpc) is 3.31. The Bertz CT molecular complexity index is 779. The van der Waals surface area contributed by atoms with E-state index in [1.54, 1.807) is 35.2 Å². The lowest BCUT2D eigenvalue weighted by molar-refractivity contribution is -0.139. The van der Waals surface area contributed by atoms with Crippen LogP contribution in [0.3, 0.4) is 0 Å². The molecule has 2 amide bonds. The lowest BCUT2D eigenvalue weighted by Gasteiger charge is -2.14. The molecule has 1 saturated heterocycles. The van der Waals surface area contributed by atoms with Gasteiger partial charge in [0.15, 0.2) is 6.04 Å². The second-order valence-corrected chi connectivity index (χ2v) is 5.96. The lowest BCUT2D eigenvalue weighted by atomic mass is 10.1. The molecule has 2 aromatic rings. The van der Waals surface area contributed by atoms with Gasteiger partial charge < -0.3 is 20.3 Å². The Morgan fingerprint density at radius 1 is 1.12 bits per heavy atom. The fourth-order valence-corrected chi connectivity index (χ4v) is 2.89. The highest BCUT2D eigenvalue weighted by atomic mass is 16.4. The summed E-state index contributed by atoms with van der Waals surface area (Å²) in [6.07, 6.45) is 3.39. The van der Waals surface area contributed by atoms with Crippen molar-refractivity contribution in [3.63, 3.8) is 0 Å². The number of carbonyl (C=O) groups is 3. The van der Waals surface area contributed by atoms with Gasteiger partial charge in [-0.05, 0) is 24.5 Å². The molecule has 0 unspecified atom stereocenters. The molecule has 0 radical (unpaired) electrons. The van der Waals surface area contributed by atoms with Crippen molar-refractivity contribution in [3.8, 4) is 0 Å². The number of nitrogens with one attached hydrogen (secondary N) is 2. The number of carboxylic acids is 1. The van der Waals surface area contributed by atoms with E-state index in [1.807, 2.05) is 0 Å². The minimum atomic E-state index is -1.15. The molecule has 1 aromatic carbocycles. The standard InChI is InChI=1S/C18H19N3O4/c22-16(20-15(18(24)25)12-6-2-1-3-7-12)13-10-14(19-11-13)17(23)21-8-4-5-9-21/h1-3,6-7,10-11,15,19H,4-5,8-9H2,(H,20,22)(H,24,25)/t15-/m0/s1. The van der Waals surface area contributed by atoms with Gasteiger partial charge in [0.25, 0.3) is 11.8 Å². The van der Waals surface area contributed by atoms with Crippen molar-refractivity contribution in [1.82, 2.24) is 15.2 Å². The van der Waals surface area contributed by atoms with Crippen molar-refractivity contribution < 1.29 is 19.5 Å².